The van der Waals surface area contributed by atoms with Gasteiger partial charge >= 0.3 is 0 Å². The molecule has 0 aliphatic rings. The summed E-state index contributed by atoms with van der Waals surface area (Å²) < 4.78 is 0. The Morgan fingerprint density at radius 2 is 2.05 bits per heavy atom. The van der Waals surface area contributed by atoms with E-state index in [-0.39, 0.29) is 5.78 Å². The molecular formula is C14H25N3OS2. The molecule has 0 fully saturated rings. The first-order valence-corrected chi connectivity index (χ1v) is 9.02. The average molecular weight is 316 g/mol. The Morgan fingerprint density at radius 1 is 1.40 bits per heavy atom. The van der Waals surface area contributed by atoms with Crippen molar-refractivity contribution >= 4 is 39.6 Å². The fourth-order valence-corrected chi connectivity index (χ4v) is 4.01. The highest BCUT2D eigenvalue weighted by Gasteiger charge is 2.17. The van der Waals surface area contributed by atoms with Gasteiger partial charge in [0, 0.05) is 13.5 Å². The summed E-state index contributed by atoms with van der Waals surface area (Å²) in [7, 11) is 0. The van der Waals surface area contributed by atoms with Crippen LogP contribution in [0.25, 0.3) is 0 Å². The van der Waals surface area contributed by atoms with Crippen molar-refractivity contribution in [3.05, 3.63) is 4.88 Å². The number of rotatable bonds is 9. The highest BCUT2D eigenvalue weighted by Crippen LogP contribution is 2.41. The number of thioether (sulfide) groups is 1. The number of thiophene rings is 1. The van der Waals surface area contributed by atoms with Crippen LogP contribution in [0.1, 0.15) is 36.9 Å². The number of nitrogens with two attached hydrogens (primary N) is 1. The van der Waals surface area contributed by atoms with Gasteiger partial charge in [-0.25, -0.2) is 0 Å². The zero-order valence-electron chi connectivity index (χ0n) is 12.8. The molecule has 0 saturated carbocycles. The quantitative estimate of drug-likeness (QED) is 0.415. The van der Waals surface area contributed by atoms with Crippen LogP contribution < -0.4 is 11.1 Å². The van der Waals surface area contributed by atoms with Crippen LogP contribution in [0.4, 0.5) is 10.7 Å². The Balaban J connectivity index is 2.59. The molecule has 4 nitrogen and oxygen atoms in total. The number of carbonyl (C=O) groups is 1. The number of nitrogen functional groups attached to an aromatic ring is 1. The second kappa shape index (κ2) is 8.54. The van der Waals surface area contributed by atoms with E-state index < -0.39 is 0 Å². The smallest absolute Gasteiger partial charge is 0.171 e. The van der Waals surface area contributed by atoms with Crippen LogP contribution >= 0.6 is 23.1 Å². The molecule has 6 heteroatoms. The zero-order valence-corrected chi connectivity index (χ0v) is 14.4. The van der Waals surface area contributed by atoms with Gasteiger partial charge in [0.05, 0.1) is 15.5 Å². The van der Waals surface area contributed by atoms with Crippen molar-refractivity contribution in [3.63, 3.8) is 0 Å². The van der Waals surface area contributed by atoms with E-state index in [9.17, 15) is 4.79 Å². The van der Waals surface area contributed by atoms with E-state index in [0.29, 0.717) is 10.6 Å². The monoisotopic (exact) mass is 315 g/mol. The van der Waals surface area contributed by atoms with Crippen LogP contribution in [-0.4, -0.2) is 43.1 Å². The minimum atomic E-state index is 0.0407. The molecule has 1 heterocycles. The van der Waals surface area contributed by atoms with Gasteiger partial charge in [0.2, 0.25) is 0 Å². The lowest BCUT2D eigenvalue weighted by molar-refractivity contribution is 0.102. The van der Waals surface area contributed by atoms with Crippen molar-refractivity contribution in [2.75, 3.05) is 43.5 Å². The molecule has 0 aromatic carbocycles. The van der Waals surface area contributed by atoms with Crippen molar-refractivity contribution in [3.8, 4) is 0 Å². The Labute approximate surface area is 130 Å². The van der Waals surface area contributed by atoms with Crippen molar-refractivity contribution in [1.29, 1.82) is 0 Å². The van der Waals surface area contributed by atoms with E-state index >= 15 is 0 Å². The van der Waals surface area contributed by atoms with E-state index in [1.165, 1.54) is 11.3 Å². The molecule has 114 valence electrons. The number of anilines is 2. The second-order valence-corrected chi connectivity index (χ2v) is 6.41. The maximum Gasteiger partial charge on any atom is 0.171 e. The van der Waals surface area contributed by atoms with Crippen LogP contribution in [0, 0.1) is 0 Å². The summed E-state index contributed by atoms with van der Waals surface area (Å²) in [6.45, 7) is 10.1. The summed E-state index contributed by atoms with van der Waals surface area (Å²) in [5, 5.41) is 4.45. The van der Waals surface area contributed by atoms with Crippen molar-refractivity contribution < 1.29 is 4.79 Å². The maximum absolute atomic E-state index is 11.5. The molecule has 3 N–H and O–H groups in total. The van der Waals surface area contributed by atoms with Gasteiger partial charge < -0.3 is 16.0 Å². The third kappa shape index (κ3) is 4.40. The molecule has 20 heavy (non-hydrogen) atoms. The number of nitrogens with zero attached hydrogens (tertiary/aromatic N) is 1. The van der Waals surface area contributed by atoms with Gasteiger partial charge in [-0.1, -0.05) is 13.8 Å². The van der Waals surface area contributed by atoms with E-state index in [2.05, 4.69) is 24.1 Å². The van der Waals surface area contributed by atoms with Gasteiger partial charge in [-0.3, -0.25) is 4.79 Å². The van der Waals surface area contributed by atoms with E-state index in [4.69, 9.17) is 5.73 Å². The largest absolute Gasteiger partial charge is 0.396 e. The fraction of sp³-hybridized carbons (Fsp3) is 0.643. The van der Waals surface area contributed by atoms with Gasteiger partial charge in [0.15, 0.2) is 5.78 Å². The van der Waals surface area contributed by atoms with Gasteiger partial charge in [-0.05, 0) is 32.3 Å². The molecule has 1 aromatic heterocycles. The summed E-state index contributed by atoms with van der Waals surface area (Å²) in [6.07, 6.45) is 3.08. The Kier molecular flexibility index (Phi) is 7.40. The van der Waals surface area contributed by atoms with Crippen LogP contribution in [0.15, 0.2) is 4.90 Å². The summed E-state index contributed by atoms with van der Waals surface area (Å²) in [5.74, 6) is 0.0407. The Bertz CT molecular complexity index is 442. The minimum Gasteiger partial charge on any atom is -0.396 e. The number of ketones is 1. The fourth-order valence-electron chi connectivity index (χ4n) is 2.05. The molecule has 0 bridgehead atoms. The van der Waals surface area contributed by atoms with Gasteiger partial charge in [-0.15, -0.1) is 23.1 Å². The average Bonchev–Trinajstić information content (AvgIpc) is 2.75. The normalized spacial score (nSPS) is 11.1. The topological polar surface area (TPSA) is 58.4 Å². The lowest BCUT2D eigenvalue weighted by Gasteiger charge is -2.17. The van der Waals surface area contributed by atoms with E-state index in [0.717, 1.165) is 42.5 Å². The third-order valence-corrected chi connectivity index (χ3v) is 5.48. The van der Waals surface area contributed by atoms with E-state index in [1.54, 1.807) is 18.7 Å². The summed E-state index contributed by atoms with van der Waals surface area (Å²) >= 11 is 3.06. The first kappa shape index (κ1) is 17.3. The highest BCUT2D eigenvalue weighted by molar-refractivity contribution is 7.99. The summed E-state index contributed by atoms with van der Waals surface area (Å²) in [5.41, 5.74) is 6.66. The first-order chi connectivity index (χ1) is 9.54. The number of carbonyl (C=O) groups excluding carboxylic acids is 1. The maximum atomic E-state index is 11.5. The van der Waals surface area contributed by atoms with Gasteiger partial charge in [0.1, 0.15) is 5.00 Å². The van der Waals surface area contributed by atoms with Gasteiger partial charge in [-0.2, -0.15) is 0 Å². The summed E-state index contributed by atoms with van der Waals surface area (Å²) in [4.78, 5) is 15.6. The molecule has 0 atom stereocenters. The first-order valence-electron chi connectivity index (χ1n) is 6.98. The molecule has 0 spiro atoms. The minimum absolute atomic E-state index is 0.0407. The predicted octanol–water partition coefficient (Wildman–Crippen LogP) is 3.40. The Morgan fingerprint density at radius 3 is 2.55 bits per heavy atom. The Hall–Kier alpha value is -0.720. The molecule has 0 aliphatic heterocycles. The zero-order chi connectivity index (χ0) is 15.1. The van der Waals surface area contributed by atoms with Crippen LogP contribution in [0.5, 0.6) is 0 Å². The molecule has 0 radical (unpaired) electrons. The van der Waals surface area contributed by atoms with Crippen LogP contribution in [0.2, 0.25) is 0 Å². The van der Waals surface area contributed by atoms with Crippen LogP contribution in [0.3, 0.4) is 0 Å². The highest BCUT2D eigenvalue weighted by atomic mass is 32.2. The molecule has 0 saturated heterocycles. The van der Waals surface area contributed by atoms with E-state index in [1.807, 2.05) is 6.26 Å². The van der Waals surface area contributed by atoms with Crippen molar-refractivity contribution in [2.45, 2.75) is 32.1 Å². The number of hydrogen-bond acceptors (Lipinski definition) is 6. The molecule has 0 aliphatic carbocycles. The number of hydrogen-bond donors (Lipinski definition) is 2. The van der Waals surface area contributed by atoms with Crippen molar-refractivity contribution in [2.24, 2.45) is 0 Å². The predicted molar refractivity (Wildman–Crippen MR) is 91.4 cm³/mol. The van der Waals surface area contributed by atoms with Crippen molar-refractivity contribution in [1.82, 2.24) is 4.90 Å². The summed E-state index contributed by atoms with van der Waals surface area (Å²) in [6, 6.07) is 0. The lowest BCUT2D eigenvalue weighted by Crippen LogP contribution is -2.25. The standard InChI is InChI=1S/C14H25N3OS2/c1-5-17(6-2)9-7-8-16-14-13(19-4)11(15)12(20-14)10(3)18/h16H,5-9,15H2,1-4H3. The molecule has 1 rings (SSSR count). The lowest BCUT2D eigenvalue weighted by atomic mass is 10.3. The van der Waals surface area contributed by atoms with Crippen LogP contribution in [-0.2, 0) is 0 Å². The second-order valence-electron chi connectivity index (χ2n) is 4.57. The third-order valence-electron chi connectivity index (χ3n) is 3.25. The number of Topliss-reactive ketones (excluding diaryl/α,β-unsaturated/α-hetero) is 1. The molecular weight excluding hydrogens is 290 g/mol. The molecule has 0 amide bonds. The van der Waals surface area contributed by atoms with Gasteiger partial charge in [0.25, 0.3) is 0 Å². The molecule has 1 aromatic rings. The number of nitrogens with one attached hydrogen (secondary N) is 1. The molecule has 0 unspecified atom stereocenters. The SMILES string of the molecule is CCN(CC)CCCNc1sc(C(C)=O)c(N)c1SC.